The number of hydrogen-bond acceptors (Lipinski definition) is 3. The molecule has 0 heterocycles. The highest BCUT2D eigenvalue weighted by Gasteiger charge is 2.31. The number of aliphatic hydroxyl groups is 1. The number of rotatable bonds is 11. The molecule has 6 heteroatoms. The molecule has 0 saturated heterocycles. The molecule has 0 aromatic rings. The summed E-state index contributed by atoms with van der Waals surface area (Å²) in [5.74, 6) is 1.75. The number of nitrogens with one attached hydrogen (secondary N) is 2. The van der Waals surface area contributed by atoms with Crippen LogP contribution in [0.15, 0.2) is 4.99 Å². The molecular weight excluding hydrogens is 429 g/mol. The molecule has 3 N–H and O–H groups in total. The van der Waals surface area contributed by atoms with Crippen LogP contribution in [0.4, 0.5) is 0 Å². The molecule has 0 aliphatic heterocycles. The van der Waals surface area contributed by atoms with Crippen LogP contribution in [0.25, 0.3) is 0 Å². The molecule has 2 fully saturated rings. The van der Waals surface area contributed by atoms with Crippen LogP contribution in [0.5, 0.6) is 0 Å². The molecule has 0 aromatic carbocycles. The van der Waals surface area contributed by atoms with Gasteiger partial charge in [-0.3, -0.25) is 4.99 Å². The van der Waals surface area contributed by atoms with Crippen LogP contribution >= 0.6 is 24.0 Å². The Hall–Kier alpha value is -0.0800. The van der Waals surface area contributed by atoms with Gasteiger partial charge in [0.05, 0.1) is 0 Å². The van der Waals surface area contributed by atoms with E-state index >= 15 is 0 Å². The molecule has 2 aliphatic rings. The first-order chi connectivity index (χ1) is 11.8. The molecular formula is C19H38IN3O2. The number of aliphatic hydroxyl groups excluding tert-OH is 1. The van der Waals surface area contributed by atoms with Gasteiger partial charge in [-0.2, -0.15) is 0 Å². The van der Waals surface area contributed by atoms with Crippen molar-refractivity contribution < 1.29 is 9.84 Å². The third-order valence-corrected chi connectivity index (χ3v) is 5.28. The molecule has 25 heavy (non-hydrogen) atoms. The summed E-state index contributed by atoms with van der Waals surface area (Å²) in [6.45, 7) is 6.73. The molecule has 5 nitrogen and oxygen atoms in total. The summed E-state index contributed by atoms with van der Waals surface area (Å²) in [6, 6.07) is 0. The van der Waals surface area contributed by atoms with E-state index in [4.69, 9.17) is 9.73 Å². The van der Waals surface area contributed by atoms with Crippen molar-refractivity contribution in [3.05, 3.63) is 0 Å². The van der Waals surface area contributed by atoms with Gasteiger partial charge in [-0.05, 0) is 56.8 Å². The zero-order valence-corrected chi connectivity index (χ0v) is 18.2. The molecule has 0 spiro atoms. The lowest BCUT2D eigenvalue weighted by molar-refractivity contribution is 0.123. The Labute approximate surface area is 170 Å². The van der Waals surface area contributed by atoms with Crippen molar-refractivity contribution in [3.8, 4) is 0 Å². The molecule has 0 unspecified atom stereocenters. The van der Waals surface area contributed by atoms with Crippen LogP contribution in [0.2, 0.25) is 0 Å². The molecule has 2 aliphatic carbocycles. The smallest absolute Gasteiger partial charge is 0.191 e. The molecule has 0 bridgehead atoms. The summed E-state index contributed by atoms with van der Waals surface area (Å²) in [4.78, 5) is 4.83. The number of hydrogen-bond donors (Lipinski definition) is 3. The number of halogens is 1. The van der Waals surface area contributed by atoms with Gasteiger partial charge in [0.15, 0.2) is 5.96 Å². The van der Waals surface area contributed by atoms with E-state index in [1.807, 2.05) is 0 Å². The van der Waals surface area contributed by atoms with Gasteiger partial charge in [0.2, 0.25) is 0 Å². The largest absolute Gasteiger partial charge is 0.396 e. The molecule has 0 radical (unpaired) electrons. The monoisotopic (exact) mass is 467 g/mol. The van der Waals surface area contributed by atoms with E-state index in [-0.39, 0.29) is 36.0 Å². The minimum absolute atomic E-state index is 0. The minimum atomic E-state index is 0. The van der Waals surface area contributed by atoms with Crippen molar-refractivity contribution >= 4 is 29.9 Å². The normalized spacial score (nSPS) is 20.0. The van der Waals surface area contributed by atoms with Gasteiger partial charge in [0, 0.05) is 39.5 Å². The van der Waals surface area contributed by atoms with Gasteiger partial charge in [0.25, 0.3) is 0 Å². The summed E-state index contributed by atoms with van der Waals surface area (Å²) in [7, 11) is 0. The van der Waals surface area contributed by atoms with E-state index < -0.39 is 0 Å². The average Bonchev–Trinajstić information content (AvgIpc) is 3.41. The Bertz CT molecular complexity index is 364. The van der Waals surface area contributed by atoms with E-state index in [1.165, 1.54) is 44.9 Å². The lowest BCUT2D eigenvalue weighted by atomic mass is 9.72. The molecule has 0 aromatic heterocycles. The number of guanidine groups is 1. The first-order valence-electron chi connectivity index (χ1n) is 9.99. The molecule has 0 amide bonds. The Morgan fingerprint density at radius 1 is 1.20 bits per heavy atom. The van der Waals surface area contributed by atoms with Crippen molar-refractivity contribution in [3.63, 3.8) is 0 Å². The zero-order valence-electron chi connectivity index (χ0n) is 15.9. The summed E-state index contributed by atoms with van der Waals surface area (Å²) in [5, 5.41) is 16.2. The summed E-state index contributed by atoms with van der Waals surface area (Å²) < 4.78 is 5.67. The average molecular weight is 467 g/mol. The third-order valence-electron chi connectivity index (χ3n) is 5.28. The maximum absolute atomic E-state index is 9.43. The summed E-state index contributed by atoms with van der Waals surface area (Å²) >= 11 is 0. The third kappa shape index (κ3) is 9.43. The highest BCUT2D eigenvalue weighted by Crippen LogP contribution is 2.39. The summed E-state index contributed by atoms with van der Waals surface area (Å²) in [5.41, 5.74) is 0.211. The van der Waals surface area contributed by atoms with Crippen molar-refractivity contribution in [2.24, 2.45) is 16.3 Å². The fourth-order valence-electron chi connectivity index (χ4n) is 3.53. The quantitative estimate of drug-likeness (QED) is 0.189. The number of nitrogens with zero attached hydrogens (tertiary/aromatic N) is 1. The molecule has 0 atom stereocenters. The van der Waals surface area contributed by atoms with Crippen LogP contribution in [0.1, 0.15) is 64.7 Å². The summed E-state index contributed by atoms with van der Waals surface area (Å²) in [6.07, 6.45) is 10.9. The Kier molecular flexibility index (Phi) is 12.1. The van der Waals surface area contributed by atoms with Crippen LogP contribution in [-0.4, -0.2) is 50.5 Å². The van der Waals surface area contributed by atoms with Crippen LogP contribution in [-0.2, 0) is 4.74 Å². The van der Waals surface area contributed by atoms with Crippen LogP contribution in [0, 0.1) is 11.3 Å². The predicted octanol–water partition coefficient (Wildman–Crippen LogP) is 3.31. The predicted molar refractivity (Wildman–Crippen MR) is 115 cm³/mol. The standard InChI is InChI=1S/C19H37N3O2.HI/c1-2-20-18(21-12-6-14-24-15-17-7-8-17)22-16-19(11-13-23)9-4-3-5-10-19;/h17,23H,2-16H2,1H3,(H2,20,21,22);1H. The van der Waals surface area contributed by atoms with Gasteiger partial charge in [-0.1, -0.05) is 19.3 Å². The van der Waals surface area contributed by atoms with Gasteiger partial charge < -0.3 is 20.5 Å². The van der Waals surface area contributed by atoms with E-state index in [0.29, 0.717) is 0 Å². The molecule has 148 valence electrons. The van der Waals surface area contributed by atoms with E-state index in [0.717, 1.165) is 57.6 Å². The minimum Gasteiger partial charge on any atom is -0.396 e. The highest BCUT2D eigenvalue weighted by atomic mass is 127. The van der Waals surface area contributed by atoms with Crippen LogP contribution in [0.3, 0.4) is 0 Å². The van der Waals surface area contributed by atoms with Gasteiger partial charge >= 0.3 is 0 Å². The Morgan fingerprint density at radius 2 is 1.96 bits per heavy atom. The Morgan fingerprint density at radius 3 is 2.60 bits per heavy atom. The Balaban J connectivity index is 0.00000312. The van der Waals surface area contributed by atoms with Gasteiger partial charge in [-0.15, -0.1) is 24.0 Å². The first-order valence-corrected chi connectivity index (χ1v) is 9.99. The second-order valence-corrected chi connectivity index (χ2v) is 7.53. The zero-order chi connectivity index (χ0) is 17.1. The second-order valence-electron chi connectivity index (χ2n) is 7.53. The highest BCUT2D eigenvalue weighted by molar-refractivity contribution is 14.0. The fraction of sp³-hybridized carbons (Fsp3) is 0.947. The van der Waals surface area contributed by atoms with Gasteiger partial charge in [0.1, 0.15) is 0 Å². The molecule has 2 saturated carbocycles. The SMILES string of the molecule is CCNC(=NCC1(CCO)CCCCC1)NCCCOCC1CC1.I. The van der Waals surface area contributed by atoms with Crippen molar-refractivity contribution in [1.29, 1.82) is 0 Å². The number of ether oxygens (including phenoxy) is 1. The van der Waals surface area contributed by atoms with E-state index in [9.17, 15) is 5.11 Å². The van der Waals surface area contributed by atoms with Gasteiger partial charge in [-0.25, -0.2) is 0 Å². The maximum Gasteiger partial charge on any atom is 0.191 e. The van der Waals surface area contributed by atoms with Crippen LogP contribution < -0.4 is 10.6 Å². The van der Waals surface area contributed by atoms with Crippen molar-refractivity contribution in [1.82, 2.24) is 10.6 Å². The lowest BCUT2D eigenvalue weighted by Crippen LogP contribution is -2.39. The lowest BCUT2D eigenvalue weighted by Gasteiger charge is -2.35. The van der Waals surface area contributed by atoms with E-state index in [2.05, 4.69) is 17.6 Å². The molecule has 2 rings (SSSR count). The fourth-order valence-corrected chi connectivity index (χ4v) is 3.53. The topological polar surface area (TPSA) is 65.9 Å². The van der Waals surface area contributed by atoms with Crippen molar-refractivity contribution in [2.45, 2.75) is 64.7 Å². The van der Waals surface area contributed by atoms with Crippen molar-refractivity contribution in [2.75, 3.05) is 39.5 Å². The van der Waals surface area contributed by atoms with E-state index in [1.54, 1.807) is 0 Å². The maximum atomic E-state index is 9.43. The number of aliphatic imine (C=N–C) groups is 1. The first kappa shape index (κ1) is 23.0. The second kappa shape index (κ2) is 13.1.